The van der Waals surface area contributed by atoms with Crippen LogP contribution in [0.3, 0.4) is 0 Å². The number of nitrogens with one attached hydrogen (secondary N) is 1. The molecular formula is C19H26N4O2. The average molecular weight is 342 g/mol. The average Bonchev–Trinajstić information content (AvgIpc) is 3.08. The minimum Gasteiger partial charge on any atom is -0.495 e. The van der Waals surface area contributed by atoms with E-state index in [2.05, 4.69) is 21.2 Å². The Bertz CT molecular complexity index is 705. The van der Waals surface area contributed by atoms with Gasteiger partial charge in [-0.25, -0.2) is 0 Å². The highest BCUT2D eigenvalue weighted by atomic mass is 16.5. The Morgan fingerprint density at radius 3 is 2.56 bits per heavy atom. The second-order valence-electron chi connectivity index (χ2n) is 6.26. The molecule has 0 unspecified atom stereocenters. The lowest BCUT2D eigenvalue weighted by Crippen LogP contribution is -2.48. The van der Waals surface area contributed by atoms with Crippen molar-refractivity contribution in [2.75, 3.05) is 51.3 Å². The van der Waals surface area contributed by atoms with Crippen molar-refractivity contribution >= 4 is 11.6 Å². The van der Waals surface area contributed by atoms with Crippen molar-refractivity contribution in [2.45, 2.75) is 0 Å². The molecule has 1 aliphatic heterocycles. The molecule has 25 heavy (non-hydrogen) atoms. The van der Waals surface area contributed by atoms with Crippen LogP contribution < -0.4 is 15.0 Å². The predicted molar refractivity (Wildman–Crippen MR) is 99.4 cm³/mol. The summed E-state index contributed by atoms with van der Waals surface area (Å²) in [6, 6.07) is 11.9. The number of benzene rings is 1. The third-order valence-electron chi connectivity index (χ3n) is 4.69. The van der Waals surface area contributed by atoms with Crippen molar-refractivity contribution in [2.24, 2.45) is 7.05 Å². The van der Waals surface area contributed by atoms with E-state index in [0.29, 0.717) is 12.2 Å². The SMILES string of the molecule is COc1ccccc1N1CCN(CCNC(=O)c2cccn2C)CC1. The van der Waals surface area contributed by atoms with Gasteiger partial charge < -0.3 is 19.5 Å². The minimum absolute atomic E-state index is 0.0137. The Morgan fingerprint density at radius 1 is 1.12 bits per heavy atom. The van der Waals surface area contributed by atoms with Crippen LogP contribution in [0.25, 0.3) is 0 Å². The molecule has 0 aliphatic carbocycles. The second-order valence-corrected chi connectivity index (χ2v) is 6.26. The van der Waals surface area contributed by atoms with Gasteiger partial charge in [0.05, 0.1) is 12.8 Å². The Hall–Kier alpha value is -2.47. The van der Waals surface area contributed by atoms with Gasteiger partial charge in [0, 0.05) is 52.5 Å². The highest BCUT2D eigenvalue weighted by molar-refractivity contribution is 5.92. The van der Waals surface area contributed by atoms with E-state index in [1.165, 1.54) is 0 Å². The van der Waals surface area contributed by atoms with Gasteiger partial charge in [-0.1, -0.05) is 12.1 Å². The Kier molecular flexibility index (Phi) is 5.60. The van der Waals surface area contributed by atoms with Crippen molar-refractivity contribution in [1.82, 2.24) is 14.8 Å². The number of hydrogen-bond acceptors (Lipinski definition) is 4. The maximum absolute atomic E-state index is 12.1. The van der Waals surface area contributed by atoms with Gasteiger partial charge in [0.2, 0.25) is 0 Å². The molecule has 2 heterocycles. The van der Waals surface area contributed by atoms with E-state index in [0.717, 1.165) is 44.2 Å². The second kappa shape index (κ2) is 8.07. The highest BCUT2D eigenvalue weighted by Gasteiger charge is 2.19. The normalized spacial score (nSPS) is 15.2. The zero-order chi connectivity index (χ0) is 17.6. The summed E-state index contributed by atoms with van der Waals surface area (Å²) in [5.41, 5.74) is 1.85. The third kappa shape index (κ3) is 4.14. The number of piperazine rings is 1. The first kappa shape index (κ1) is 17.4. The topological polar surface area (TPSA) is 49.7 Å². The van der Waals surface area contributed by atoms with E-state index in [4.69, 9.17) is 4.74 Å². The van der Waals surface area contributed by atoms with Gasteiger partial charge in [-0.05, 0) is 24.3 Å². The van der Waals surface area contributed by atoms with Crippen LogP contribution in [0.4, 0.5) is 5.69 Å². The van der Waals surface area contributed by atoms with Gasteiger partial charge in [0.1, 0.15) is 11.4 Å². The molecule has 1 aromatic carbocycles. The predicted octanol–water partition coefficient (Wildman–Crippen LogP) is 1.59. The van der Waals surface area contributed by atoms with Crippen molar-refractivity contribution in [3.05, 3.63) is 48.3 Å². The number of aryl methyl sites for hydroxylation is 1. The molecular weight excluding hydrogens is 316 g/mol. The van der Waals surface area contributed by atoms with Crippen LogP contribution in [0.1, 0.15) is 10.5 Å². The highest BCUT2D eigenvalue weighted by Crippen LogP contribution is 2.28. The molecule has 0 spiro atoms. The lowest BCUT2D eigenvalue weighted by Gasteiger charge is -2.36. The van der Waals surface area contributed by atoms with E-state index >= 15 is 0 Å². The summed E-state index contributed by atoms with van der Waals surface area (Å²) in [5, 5.41) is 3.00. The summed E-state index contributed by atoms with van der Waals surface area (Å²) in [6.45, 7) is 5.43. The smallest absolute Gasteiger partial charge is 0.267 e. The summed E-state index contributed by atoms with van der Waals surface area (Å²) < 4.78 is 7.29. The minimum atomic E-state index is -0.0137. The monoisotopic (exact) mass is 342 g/mol. The number of aromatic nitrogens is 1. The molecule has 134 valence electrons. The molecule has 1 N–H and O–H groups in total. The van der Waals surface area contributed by atoms with Crippen molar-refractivity contribution in [1.29, 1.82) is 0 Å². The Balaban J connectivity index is 1.44. The molecule has 0 bridgehead atoms. The van der Waals surface area contributed by atoms with Crippen molar-refractivity contribution < 1.29 is 9.53 Å². The van der Waals surface area contributed by atoms with Gasteiger partial charge in [-0.3, -0.25) is 9.69 Å². The van der Waals surface area contributed by atoms with Crippen LogP contribution in [-0.4, -0.2) is 61.8 Å². The first-order valence-corrected chi connectivity index (χ1v) is 8.69. The van der Waals surface area contributed by atoms with Crippen LogP contribution in [-0.2, 0) is 7.05 Å². The maximum Gasteiger partial charge on any atom is 0.267 e. The number of amides is 1. The first-order valence-electron chi connectivity index (χ1n) is 8.69. The number of carbonyl (C=O) groups excluding carboxylic acids is 1. The van der Waals surface area contributed by atoms with Gasteiger partial charge in [-0.2, -0.15) is 0 Å². The number of methoxy groups -OCH3 is 1. The number of rotatable bonds is 6. The summed E-state index contributed by atoms with van der Waals surface area (Å²) in [4.78, 5) is 16.8. The largest absolute Gasteiger partial charge is 0.495 e. The molecule has 0 atom stereocenters. The molecule has 1 aliphatic rings. The van der Waals surface area contributed by atoms with Crippen LogP contribution in [0, 0.1) is 0 Å². The van der Waals surface area contributed by atoms with E-state index in [-0.39, 0.29) is 5.91 Å². The van der Waals surface area contributed by atoms with Gasteiger partial charge in [0.25, 0.3) is 5.91 Å². The molecule has 1 aromatic heterocycles. The van der Waals surface area contributed by atoms with E-state index in [1.807, 2.05) is 48.1 Å². The molecule has 1 saturated heterocycles. The number of para-hydroxylation sites is 2. The molecule has 0 saturated carbocycles. The van der Waals surface area contributed by atoms with E-state index < -0.39 is 0 Å². The van der Waals surface area contributed by atoms with Crippen molar-refractivity contribution in [3.63, 3.8) is 0 Å². The van der Waals surface area contributed by atoms with Gasteiger partial charge in [-0.15, -0.1) is 0 Å². The molecule has 2 aromatic rings. The van der Waals surface area contributed by atoms with Crippen LogP contribution in [0.5, 0.6) is 5.75 Å². The standard InChI is InChI=1S/C19H26N4O2/c1-21-10-5-7-17(21)19(24)20-9-11-22-12-14-23(15-13-22)16-6-3-4-8-18(16)25-2/h3-8,10H,9,11-15H2,1-2H3,(H,20,24). The molecule has 6 heteroatoms. The fraction of sp³-hybridized carbons (Fsp3) is 0.421. The number of anilines is 1. The molecule has 3 rings (SSSR count). The van der Waals surface area contributed by atoms with Crippen LogP contribution in [0.2, 0.25) is 0 Å². The molecule has 1 amide bonds. The quantitative estimate of drug-likeness (QED) is 0.866. The third-order valence-corrected chi connectivity index (χ3v) is 4.69. The Labute approximate surface area is 149 Å². The molecule has 6 nitrogen and oxygen atoms in total. The van der Waals surface area contributed by atoms with E-state index in [1.54, 1.807) is 7.11 Å². The number of nitrogens with zero attached hydrogens (tertiary/aromatic N) is 3. The number of hydrogen-bond donors (Lipinski definition) is 1. The Morgan fingerprint density at radius 2 is 1.88 bits per heavy atom. The van der Waals surface area contributed by atoms with E-state index in [9.17, 15) is 4.79 Å². The summed E-state index contributed by atoms with van der Waals surface area (Å²) in [7, 11) is 3.59. The lowest BCUT2D eigenvalue weighted by atomic mass is 10.2. The number of ether oxygens (including phenoxy) is 1. The van der Waals surface area contributed by atoms with Crippen LogP contribution in [0.15, 0.2) is 42.6 Å². The first-order chi connectivity index (χ1) is 12.2. The lowest BCUT2D eigenvalue weighted by molar-refractivity contribution is 0.0939. The fourth-order valence-electron chi connectivity index (χ4n) is 3.22. The van der Waals surface area contributed by atoms with Gasteiger partial charge >= 0.3 is 0 Å². The molecule has 0 radical (unpaired) electrons. The van der Waals surface area contributed by atoms with Crippen LogP contribution >= 0.6 is 0 Å². The number of carbonyl (C=O) groups is 1. The zero-order valence-corrected chi connectivity index (χ0v) is 14.9. The van der Waals surface area contributed by atoms with Crippen molar-refractivity contribution in [3.8, 4) is 5.75 Å². The zero-order valence-electron chi connectivity index (χ0n) is 14.9. The fourth-order valence-corrected chi connectivity index (χ4v) is 3.22. The summed E-state index contributed by atoms with van der Waals surface area (Å²) >= 11 is 0. The maximum atomic E-state index is 12.1. The van der Waals surface area contributed by atoms with Gasteiger partial charge in [0.15, 0.2) is 0 Å². The molecule has 1 fully saturated rings. The summed E-state index contributed by atoms with van der Waals surface area (Å²) in [5.74, 6) is 0.908. The summed E-state index contributed by atoms with van der Waals surface area (Å²) in [6.07, 6.45) is 1.88.